The summed E-state index contributed by atoms with van der Waals surface area (Å²) in [5.74, 6) is 0.0947. The van der Waals surface area contributed by atoms with E-state index in [-0.39, 0.29) is 11.9 Å². The van der Waals surface area contributed by atoms with Crippen molar-refractivity contribution in [3.8, 4) is 0 Å². The van der Waals surface area contributed by atoms with Crippen molar-refractivity contribution < 1.29 is 4.79 Å². The van der Waals surface area contributed by atoms with Crippen molar-refractivity contribution in [2.75, 3.05) is 20.6 Å². The van der Waals surface area contributed by atoms with Gasteiger partial charge >= 0.3 is 0 Å². The number of hydrogen-bond acceptors (Lipinski definition) is 2. The first-order chi connectivity index (χ1) is 13.1. The number of fused-ring (bicyclic) bond motifs is 1. The zero-order valence-electron chi connectivity index (χ0n) is 16.5. The van der Waals surface area contributed by atoms with Crippen LogP contribution >= 0.6 is 0 Å². The van der Waals surface area contributed by atoms with E-state index in [0.29, 0.717) is 13.0 Å². The van der Waals surface area contributed by atoms with Crippen LogP contribution in [0.1, 0.15) is 36.1 Å². The van der Waals surface area contributed by atoms with Crippen molar-refractivity contribution in [3.05, 3.63) is 71.4 Å². The quantitative estimate of drug-likeness (QED) is 0.633. The number of carbonyl (C=O) groups is 1. The Hall–Kier alpha value is -2.59. The Labute approximate surface area is 161 Å². The summed E-state index contributed by atoms with van der Waals surface area (Å²) >= 11 is 0. The minimum absolute atomic E-state index is 0.0947. The highest BCUT2D eigenvalue weighted by atomic mass is 16.1. The summed E-state index contributed by atoms with van der Waals surface area (Å²) in [7, 11) is 4.10. The van der Waals surface area contributed by atoms with Crippen LogP contribution in [0.15, 0.2) is 54.7 Å². The Bertz CT molecular complexity index is 880. The molecule has 2 N–H and O–H groups in total. The molecule has 0 aliphatic carbocycles. The van der Waals surface area contributed by atoms with Crippen LogP contribution in [0, 0.1) is 0 Å². The lowest BCUT2D eigenvalue weighted by Crippen LogP contribution is -2.34. The summed E-state index contributed by atoms with van der Waals surface area (Å²) < 4.78 is 0. The zero-order valence-corrected chi connectivity index (χ0v) is 16.5. The number of H-pyrrole nitrogens is 1. The van der Waals surface area contributed by atoms with Gasteiger partial charge in [0.25, 0.3) is 0 Å². The van der Waals surface area contributed by atoms with Crippen LogP contribution in [-0.2, 0) is 17.6 Å². The first-order valence-corrected chi connectivity index (χ1v) is 9.65. The molecule has 1 heterocycles. The van der Waals surface area contributed by atoms with E-state index in [4.69, 9.17) is 0 Å². The minimum Gasteiger partial charge on any atom is -0.361 e. The van der Waals surface area contributed by atoms with Crippen molar-refractivity contribution in [3.63, 3.8) is 0 Å². The van der Waals surface area contributed by atoms with Gasteiger partial charge in [-0.1, -0.05) is 49.4 Å². The maximum Gasteiger partial charge on any atom is 0.220 e. The SMILES string of the molecule is CCc1ccc(C(CNC(=O)CCc2c[nH]c3ccccc23)N(C)C)cc1. The largest absolute Gasteiger partial charge is 0.361 e. The van der Waals surface area contributed by atoms with Gasteiger partial charge in [0, 0.05) is 30.1 Å². The molecule has 3 rings (SSSR count). The van der Waals surface area contributed by atoms with Crippen molar-refractivity contribution in [2.45, 2.75) is 32.2 Å². The molecule has 4 nitrogen and oxygen atoms in total. The fraction of sp³-hybridized carbons (Fsp3) is 0.348. The normalized spacial score (nSPS) is 12.4. The Morgan fingerprint density at radius 3 is 2.56 bits per heavy atom. The molecule has 0 aliphatic heterocycles. The van der Waals surface area contributed by atoms with Crippen molar-refractivity contribution >= 4 is 16.8 Å². The number of nitrogens with one attached hydrogen (secondary N) is 2. The van der Waals surface area contributed by atoms with E-state index in [0.717, 1.165) is 18.4 Å². The number of para-hydroxylation sites is 1. The summed E-state index contributed by atoms with van der Waals surface area (Å²) in [5, 5.41) is 4.31. The molecule has 0 saturated carbocycles. The fourth-order valence-corrected chi connectivity index (χ4v) is 3.46. The molecule has 4 heteroatoms. The molecule has 0 aliphatic rings. The molecule has 0 fully saturated rings. The van der Waals surface area contributed by atoms with Gasteiger partial charge in [-0.05, 0) is 49.7 Å². The number of aromatic amines is 1. The fourth-order valence-electron chi connectivity index (χ4n) is 3.46. The first kappa shape index (κ1) is 19.2. The van der Waals surface area contributed by atoms with Crippen molar-refractivity contribution in [2.24, 2.45) is 0 Å². The Morgan fingerprint density at radius 1 is 1.11 bits per heavy atom. The van der Waals surface area contributed by atoms with E-state index in [1.54, 1.807) is 0 Å². The van der Waals surface area contributed by atoms with Gasteiger partial charge in [0.2, 0.25) is 5.91 Å². The lowest BCUT2D eigenvalue weighted by Gasteiger charge is -2.25. The predicted molar refractivity (Wildman–Crippen MR) is 112 cm³/mol. The number of aromatic nitrogens is 1. The molecular formula is C23H29N3O. The average molecular weight is 364 g/mol. The lowest BCUT2D eigenvalue weighted by atomic mass is 10.0. The van der Waals surface area contributed by atoms with Gasteiger partial charge in [0.05, 0.1) is 6.04 Å². The van der Waals surface area contributed by atoms with Gasteiger partial charge < -0.3 is 15.2 Å². The molecule has 0 spiro atoms. The highest BCUT2D eigenvalue weighted by molar-refractivity contribution is 5.84. The van der Waals surface area contributed by atoms with Gasteiger partial charge in [-0.25, -0.2) is 0 Å². The molecule has 1 amide bonds. The second-order valence-electron chi connectivity index (χ2n) is 7.24. The Morgan fingerprint density at radius 2 is 1.85 bits per heavy atom. The van der Waals surface area contributed by atoms with E-state index in [9.17, 15) is 4.79 Å². The number of hydrogen-bond donors (Lipinski definition) is 2. The third-order valence-electron chi connectivity index (χ3n) is 5.18. The van der Waals surface area contributed by atoms with Crippen molar-refractivity contribution in [1.82, 2.24) is 15.2 Å². The van der Waals surface area contributed by atoms with Crippen LogP contribution in [0.4, 0.5) is 0 Å². The molecule has 0 saturated heterocycles. The monoisotopic (exact) mass is 363 g/mol. The molecule has 0 radical (unpaired) electrons. The number of benzene rings is 2. The number of nitrogens with zero attached hydrogens (tertiary/aromatic N) is 1. The Kier molecular flexibility index (Phi) is 6.30. The number of rotatable bonds is 8. The van der Waals surface area contributed by atoms with Crippen molar-refractivity contribution in [1.29, 1.82) is 0 Å². The number of aryl methyl sites for hydroxylation is 2. The molecule has 1 unspecified atom stereocenters. The topological polar surface area (TPSA) is 48.1 Å². The van der Waals surface area contributed by atoms with Gasteiger partial charge in [-0.2, -0.15) is 0 Å². The van der Waals surface area contributed by atoms with Crippen LogP contribution < -0.4 is 5.32 Å². The van der Waals surface area contributed by atoms with E-state index in [1.807, 2.05) is 18.3 Å². The molecular weight excluding hydrogens is 334 g/mol. The van der Waals surface area contributed by atoms with Crippen LogP contribution in [0.25, 0.3) is 10.9 Å². The zero-order chi connectivity index (χ0) is 19.2. The molecule has 142 valence electrons. The molecule has 3 aromatic rings. The molecule has 1 atom stereocenters. The third-order valence-corrected chi connectivity index (χ3v) is 5.18. The van der Waals surface area contributed by atoms with E-state index >= 15 is 0 Å². The van der Waals surface area contributed by atoms with Gasteiger partial charge in [-0.15, -0.1) is 0 Å². The van der Waals surface area contributed by atoms with Gasteiger partial charge in [0.15, 0.2) is 0 Å². The maximum absolute atomic E-state index is 12.4. The van der Waals surface area contributed by atoms with Crippen LogP contribution in [-0.4, -0.2) is 36.4 Å². The van der Waals surface area contributed by atoms with E-state index < -0.39 is 0 Å². The number of carbonyl (C=O) groups excluding carboxylic acids is 1. The average Bonchev–Trinajstić information content (AvgIpc) is 3.10. The van der Waals surface area contributed by atoms with E-state index in [2.05, 4.69) is 72.6 Å². The standard InChI is InChI=1S/C23H29N3O/c1-4-17-9-11-18(12-10-17)22(26(2)3)16-25-23(27)14-13-19-15-24-21-8-6-5-7-20(19)21/h5-12,15,22,24H,4,13-14,16H2,1-3H3,(H,25,27). The van der Waals surface area contributed by atoms with Gasteiger partial charge in [0.1, 0.15) is 0 Å². The highest BCUT2D eigenvalue weighted by Gasteiger charge is 2.15. The summed E-state index contributed by atoms with van der Waals surface area (Å²) in [5.41, 5.74) is 4.88. The first-order valence-electron chi connectivity index (χ1n) is 9.65. The lowest BCUT2D eigenvalue weighted by molar-refractivity contribution is -0.121. The number of likely N-dealkylation sites (N-methyl/N-ethyl adjacent to an activating group) is 1. The maximum atomic E-state index is 12.4. The van der Waals surface area contributed by atoms with Gasteiger partial charge in [-0.3, -0.25) is 4.79 Å². The molecule has 27 heavy (non-hydrogen) atoms. The summed E-state index contributed by atoms with van der Waals surface area (Å²) in [6.45, 7) is 2.78. The van der Waals surface area contributed by atoms with Crippen LogP contribution in [0.5, 0.6) is 0 Å². The molecule has 0 bridgehead atoms. The summed E-state index contributed by atoms with van der Waals surface area (Å²) in [4.78, 5) is 17.8. The molecule has 1 aromatic heterocycles. The number of amides is 1. The summed E-state index contributed by atoms with van der Waals surface area (Å²) in [6.07, 6.45) is 4.29. The summed E-state index contributed by atoms with van der Waals surface area (Å²) in [6, 6.07) is 17.1. The molecule has 2 aromatic carbocycles. The third kappa shape index (κ3) is 4.77. The minimum atomic E-state index is 0.0947. The predicted octanol–water partition coefficient (Wildman–Crippen LogP) is 4.08. The Balaban J connectivity index is 1.56. The van der Waals surface area contributed by atoms with E-state index in [1.165, 1.54) is 22.1 Å². The van der Waals surface area contributed by atoms with Crippen LogP contribution in [0.2, 0.25) is 0 Å². The van der Waals surface area contributed by atoms with Crippen LogP contribution in [0.3, 0.4) is 0 Å². The highest BCUT2D eigenvalue weighted by Crippen LogP contribution is 2.20. The second-order valence-corrected chi connectivity index (χ2v) is 7.24. The smallest absolute Gasteiger partial charge is 0.220 e. The second kappa shape index (κ2) is 8.87.